The summed E-state index contributed by atoms with van der Waals surface area (Å²) in [5.41, 5.74) is 2.64. The van der Waals surface area contributed by atoms with Crippen molar-refractivity contribution in [2.75, 3.05) is 6.54 Å². The number of carbonyl (C=O) groups is 3. The van der Waals surface area contributed by atoms with E-state index in [2.05, 4.69) is 11.1 Å². The normalized spacial score (nSPS) is 24.4. The Morgan fingerprint density at radius 2 is 1.90 bits per heavy atom. The highest BCUT2D eigenvalue weighted by Gasteiger charge is 2.42. The summed E-state index contributed by atoms with van der Waals surface area (Å²) in [5, 5.41) is 2.59. The number of hydrogen-bond donors (Lipinski definition) is 2. The van der Waals surface area contributed by atoms with Crippen LogP contribution in [0.25, 0.3) is 0 Å². The smallest absolute Gasteiger partial charge is 0.331 e. The number of nitrogens with zero attached hydrogens (tertiary/aromatic N) is 1. The van der Waals surface area contributed by atoms with Crippen LogP contribution in [0.1, 0.15) is 34.1 Å². The van der Waals surface area contributed by atoms with E-state index in [0.717, 1.165) is 0 Å². The summed E-state index contributed by atoms with van der Waals surface area (Å²) in [7, 11) is 0. The van der Waals surface area contributed by atoms with E-state index in [-0.39, 0.29) is 18.9 Å². The molecule has 7 heteroatoms. The predicted molar refractivity (Wildman–Crippen MR) is 70.0 cm³/mol. The fourth-order valence-electron chi connectivity index (χ4n) is 2.06. The van der Waals surface area contributed by atoms with Gasteiger partial charge in [-0.3, -0.25) is 15.3 Å². The number of amides is 3. The molecule has 1 saturated heterocycles. The molecule has 20 heavy (non-hydrogen) atoms. The maximum atomic E-state index is 13.4. The van der Waals surface area contributed by atoms with Gasteiger partial charge in [0.05, 0.1) is 6.54 Å². The number of quaternary nitrogens is 1. The molecular weight excluding hydrogens is 265 g/mol. The Bertz CT molecular complexity index is 420. The number of likely N-dealkylation sites (tertiary alicyclic amines) is 1. The van der Waals surface area contributed by atoms with E-state index >= 15 is 0 Å². The lowest BCUT2D eigenvalue weighted by atomic mass is 9.95. The molecule has 6 nitrogen and oxygen atoms in total. The lowest BCUT2D eigenvalue weighted by Crippen LogP contribution is -2.66. The van der Waals surface area contributed by atoms with Crippen molar-refractivity contribution in [1.82, 2.24) is 10.2 Å². The number of alkyl halides is 1. The van der Waals surface area contributed by atoms with Crippen molar-refractivity contribution in [1.29, 1.82) is 0 Å². The molecule has 3 unspecified atom stereocenters. The van der Waals surface area contributed by atoms with Crippen LogP contribution in [0.15, 0.2) is 0 Å². The summed E-state index contributed by atoms with van der Waals surface area (Å²) < 4.78 is 13.4. The summed E-state index contributed by atoms with van der Waals surface area (Å²) in [4.78, 5) is 36.6. The van der Waals surface area contributed by atoms with Crippen molar-refractivity contribution in [3.8, 4) is 0 Å². The first kappa shape index (κ1) is 16.6. The Hall–Kier alpha value is -1.50. The minimum atomic E-state index is -1.22. The second-order valence-electron chi connectivity index (χ2n) is 6.25. The standard InChI is InChI=1S/C13H22FN3O3/c1-7(16-12(20)13(2,3)4)11(19)17-6-8(14)5-9(17)10(15)18/h7-9H,5-6H2,1-4H3,(H2,15,18)(H,16,20)/p+1. The molecule has 0 bridgehead atoms. The van der Waals surface area contributed by atoms with E-state index < -0.39 is 35.5 Å². The van der Waals surface area contributed by atoms with E-state index in [0.29, 0.717) is 0 Å². The predicted octanol–water partition coefficient (Wildman–Crippen LogP) is -0.755. The molecule has 1 heterocycles. The number of halogens is 1. The topological polar surface area (TPSA) is 94.1 Å². The zero-order chi connectivity index (χ0) is 15.7. The van der Waals surface area contributed by atoms with Gasteiger partial charge in [0, 0.05) is 11.8 Å². The maximum Gasteiger partial charge on any atom is 0.331 e. The first-order chi connectivity index (χ1) is 9.04. The molecule has 0 aromatic carbocycles. The van der Waals surface area contributed by atoms with Crippen LogP contribution in [0.4, 0.5) is 4.39 Å². The average Bonchev–Trinajstić information content (AvgIpc) is 2.69. The molecule has 114 valence electrons. The van der Waals surface area contributed by atoms with Gasteiger partial charge >= 0.3 is 5.91 Å². The summed E-state index contributed by atoms with van der Waals surface area (Å²) in [6, 6.07) is -1.62. The van der Waals surface area contributed by atoms with Gasteiger partial charge in [-0.05, 0) is 6.92 Å². The fraction of sp³-hybridized carbons (Fsp3) is 0.769. The van der Waals surface area contributed by atoms with Crippen LogP contribution in [0.5, 0.6) is 0 Å². The third kappa shape index (κ3) is 3.75. The molecule has 4 N–H and O–H groups in total. The van der Waals surface area contributed by atoms with Gasteiger partial charge in [0.25, 0.3) is 0 Å². The van der Waals surface area contributed by atoms with Gasteiger partial charge in [-0.2, -0.15) is 0 Å². The van der Waals surface area contributed by atoms with E-state index in [4.69, 9.17) is 0 Å². The zero-order valence-electron chi connectivity index (χ0n) is 12.4. The van der Waals surface area contributed by atoms with Gasteiger partial charge in [-0.25, -0.2) is 9.18 Å². The van der Waals surface area contributed by atoms with Crippen LogP contribution in [0.3, 0.4) is 0 Å². The van der Waals surface area contributed by atoms with Crippen molar-refractivity contribution in [2.45, 2.75) is 52.4 Å². The van der Waals surface area contributed by atoms with Crippen molar-refractivity contribution in [3.63, 3.8) is 0 Å². The molecule has 1 rings (SSSR count). The van der Waals surface area contributed by atoms with Crippen molar-refractivity contribution in [3.05, 3.63) is 0 Å². The zero-order valence-corrected chi connectivity index (χ0v) is 12.4. The van der Waals surface area contributed by atoms with E-state index in [1.807, 2.05) is 0 Å². The van der Waals surface area contributed by atoms with Crippen LogP contribution < -0.4 is 11.1 Å². The van der Waals surface area contributed by atoms with E-state index in [1.165, 1.54) is 11.8 Å². The molecule has 0 spiro atoms. The summed E-state index contributed by atoms with van der Waals surface area (Å²) >= 11 is 0. The highest BCUT2D eigenvalue weighted by Crippen LogP contribution is 2.21. The summed E-state index contributed by atoms with van der Waals surface area (Å²) in [6.45, 7) is 6.60. The quantitative estimate of drug-likeness (QED) is 0.715. The Morgan fingerprint density at radius 3 is 2.35 bits per heavy atom. The average molecular weight is 288 g/mol. The first-order valence-electron chi connectivity index (χ1n) is 6.65. The van der Waals surface area contributed by atoms with Gasteiger partial charge in [0.1, 0.15) is 18.3 Å². The molecule has 0 aromatic heterocycles. The van der Waals surface area contributed by atoms with Gasteiger partial charge in [-0.1, -0.05) is 20.8 Å². The molecule has 3 atom stereocenters. The summed E-state index contributed by atoms with van der Waals surface area (Å²) in [6.07, 6.45) is -1.24. The van der Waals surface area contributed by atoms with Gasteiger partial charge in [0.2, 0.25) is 11.8 Å². The highest BCUT2D eigenvalue weighted by molar-refractivity contribution is 5.91. The fourth-order valence-corrected chi connectivity index (χ4v) is 2.06. The Morgan fingerprint density at radius 1 is 1.35 bits per heavy atom. The van der Waals surface area contributed by atoms with E-state index in [1.54, 1.807) is 20.8 Å². The minimum absolute atomic E-state index is 0.0198. The third-order valence-corrected chi connectivity index (χ3v) is 3.30. The second-order valence-corrected chi connectivity index (χ2v) is 6.25. The largest absolute Gasteiger partial charge is 0.344 e. The SMILES string of the molecule is CC(NC(=O)C(C)(C)C)C(=O)N1CC(F)CC1C([NH3+])=O. The molecule has 0 aromatic rings. The summed E-state index contributed by atoms with van der Waals surface area (Å²) in [5.74, 6) is -1.20. The number of rotatable bonds is 3. The van der Waals surface area contributed by atoms with Gasteiger partial charge < -0.3 is 10.2 Å². The van der Waals surface area contributed by atoms with Crippen LogP contribution in [0.2, 0.25) is 0 Å². The monoisotopic (exact) mass is 288 g/mol. The molecule has 0 aliphatic carbocycles. The molecular formula is C13H23FN3O3+. The van der Waals surface area contributed by atoms with Gasteiger partial charge in [-0.15, -0.1) is 0 Å². The van der Waals surface area contributed by atoms with Crippen molar-refractivity contribution >= 4 is 17.7 Å². The van der Waals surface area contributed by atoms with Gasteiger partial charge in [0.15, 0.2) is 0 Å². The second kappa shape index (κ2) is 5.87. The Kier molecular flexibility index (Phi) is 4.86. The number of nitrogens with one attached hydrogen (secondary N) is 1. The van der Waals surface area contributed by atoms with Crippen molar-refractivity contribution in [2.24, 2.45) is 5.41 Å². The van der Waals surface area contributed by atoms with Crippen LogP contribution in [0, 0.1) is 5.41 Å². The molecule has 1 aliphatic rings. The van der Waals surface area contributed by atoms with Crippen molar-refractivity contribution < 1.29 is 24.5 Å². The number of hydrogen-bond acceptors (Lipinski definition) is 3. The van der Waals surface area contributed by atoms with Crippen LogP contribution >= 0.6 is 0 Å². The molecule has 1 fully saturated rings. The minimum Gasteiger partial charge on any atom is -0.344 e. The molecule has 0 saturated carbocycles. The number of carbonyl (C=O) groups excluding carboxylic acids is 3. The lowest BCUT2D eigenvalue weighted by Gasteiger charge is -2.26. The molecule has 0 radical (unpaired) electrons. The lowest BCUT2D eigenvalue weighted by molar-refractivity contribution is -0.310. The van der Waals surface area contributed by atoms with Crippen LogP contribution in [-0.4, -0.2) is 47.4 Å². The Labute approximate surface area is 117 Å². The third-order valence-electron chi connectivity index (χ3n) is 3.30. The van der Waals surface area contributed by atoms with E-state index in [9.17, 15) is 18.8 Å². The molecule has 1 aliphatic heterocycles. The highest BCUT2D eigenvalue weighted by atomic mass is 19.1. The Balaban J connectivity index is 2.74. The molecule has 3 amide bonds. The maximum absolute atomic E-state index is 13.4. The van der Waals surface area contributed by atoms with Crippen LogP contribution in [-0.2, 0) is 14.4 Å². The first-order valence-corrected chi connectivity index (χ1v) is 6.65.